The fourth-order valence-corrected chi connectivity index (χ4v) is 0.177. The quantitative estimate of drug-likeness (QED) is 0.209. The second-order valence-electron chi connectivity index (χ2n) is 4.11. The Morgan fingerprint density at radius 3 is 0.833 bits per heavy atom. The maximum absolute atomic E-state index is 10.1. The predicted octanol–water partition coefficient (Wildman–Crippen LogP) is -2.74. The number of rotatable bonds is 1. The van der Waals surface area contributed by atoms with E-state index >= 15 is 0 Å². The van der Waals surface area contributed by atoms with Crippen LogP contribution in [-0.4, -0.2) is 104 Å². The van der Waals surface area contributed by atoms with E-state index in [0.717, 1.165) is 0 Å². The predicted molar refractivity (Wildman–Crippen MR) is 136 cm³/mol. The van der Waals surface area contributed by atoms with Crippen LogP contribution < -0.4 is 21.7 Å². The van der Waals surface area contributed by atoms with E-state index in [0.29, 0.717) is 6.42 Å². The van der Waals surface area contributed by atoms with E-state index in [9.17, 15) is 24.0 Å². The minimum atomic E-state index is -0.333. The molecule has 0 aromatic carbocycles. The smallest absolute Gasteiger partial charge is 0.373 e. The van der Waals surface area contributed by atoms with Crippen LogP contribution in [0.25, 0.3) is 0 Å². The molecule has 5 N–H and O–H groups in total. The molecule has 0 aromatic rings. The Bertz CT molecular complexity index is 489. The van der Waals surface area contributed by atoms with Crippen LogP contribution in [0.3, 0.4) is 0 Å². The van der Waals surface area contributed by atoms with Gasteiger partial charge < -0.3 is 26.4 Å². The van der Waals surface area contributed by atoms with E-state index < -0.39 is 0 Å². The molecule has 0 aliphatic rings. The molecule has 0 unspecified atom stereocenters. The first-order valence-electron chi connectivity index (χ1n) is 8.05. The summed E-state index contributed by atoms with van der Waals surface area (Å²) in [6.45, 7) is 7.43. The average molecular weight is 514 g/mol. The molecule has 0 aromatic heterocycles. The lowest BCUT2D eigenvalue weighted by Gasteiger charge is -1.87. The molecule has 4 amide bonds. The normalized spacial score (nSPS) is 5.25. The average Bonchev–Trinajstić information content (AvgIpc) is 2.69. The second kappa shape index (κ2) is 85.7. The summed E-state index contributed by atoms with van der Waals surface area (Å²) < 4.78 is 4.11. The summed E-state index contributed by atoms with van der Waals surface area (Å²) in [7, 11) is 6.18. The van der Waals surface area contributed by atoms with Crippen molar-refractivity contribution >= 4 is 75.6 Å². The summed E-state index contributed by atoms with van der Waals surface area (Å²) >= 11 is 0. The van der Waals surface area contributed by atoms with Gasteiger partial charge in [-0.25, -0.2) is 0 Å². The second-order valence-corrected chi connectivity index (χ2v) is 4.11. The Balaban J connectivity index is -0.0000000184. The molecule has 0 rings (SSSR count). The van der Waals surface area contributed by atoms with Gasteiger partial charge in [-0.05, 0) is 0 Å². The van der Waals surface area contributed by atoms with Crippen molar-refractivity contribution in [1.29, 1.82) is 0 Å². The van der Waals surface area contributed by atoms with Crippen molar-refractivity contribution in [3.8, 4) is 0 Å². The van der Waals surface area contributed by atoms with E-state index in [1.807, 2.05) is 6.92 Å². The molecule has 0 saturated carbocycles. The van der Waals surface area contributed by atoms with E-state index in [4.69, 9.17) is 19.2 Å². The SMILES string of the molecule is C.CC(N)=O.CCC(=O)NC.CNC(C)=O.CNC(C)=O.COC(C)=O.O=C=O.O=C=O.[B].[B].[B].[B]. The van der Waals surface area contributed by atoms with Gasteiger partial charge in [0.15, 0.2) is 0 Å². The van der Waals surface area contributed by atoms with Crippen molar-refractivity contribution in [2.24, 2.45) is 5.73 Å². The number of primary amides is 1. The van der Waals surface area contributed by atoms with Crippen molar-refractivity contribution in [3.05, 3.63) is 0 Å². The number of nitrogens with two attached hydrogens (primary N) is 1. The zero-order valence-corrected chi connectivity index (χ0v) is 21.7. The van der Waals surface area contributed by atoms with Crippen LogP contribution in [0.4, 0.5) is 0 Å². The highest BCUT2D eigenvalue weighted by Crippen LogP contribution is 1.68. The molecule has 0 heterocycles. The third kappa shape index (κ3) is 646. The monoisotopic (exact) mass is 514 g/mol. The molecule has 18 heteroatoms. The van der Waals surface area contributed by atoms with Gasteiger partial charge in [0.25, 0.3) is 0 Å². The van der Waals surface area contributed by atoms with Crippen LogP contribution in [0.1, 0.15) is 48.5 Å². The molecular weight excluding hydrogens is 475 g/mol. The lowest BCUT2D eigenvalue weighted by molar-refractivity contribution is -0.193. The van der Waals surface area contributed by atoms with E-state index in [1.165, 1.54) is 34.8 Å². The Morgan fingerprint density at radius 2 is 0.833 bits per heavy atom. The van der Waals surface area contributed by atoms with Gasteiger partial charge in [0, 0.05) is 88.9 Å². The Hall–Kier alpha value is -3.63. The van der Waals surface area contributed by atoms with Crippen LogP contribution in [-0.2, 0) is 47.9 Å². The third-order valence-electron chi connectivity index (χ3n) is 1.59. The topological polar surface area (TPSA) is 225 Å². The number of hydrogen-bond donors (Lipinski definition) is 4. The highest BCUT2D eigenvalue weighted by molar-refractivity contribution is 5.76. The molecule has 0 saturated heterocycles. The summed E-state index contributed by atoms with van der Waals surface area (Å²) in [6, 6.07) is 0. The van der Waals surface area contributed by atoms with Crippen LogP contribution in [0.15, 0.2) is 0 Å². The third-order valence-corrected chi connectivity index (χ3v) is 1.59. The van der Waals surface area contributed by atoms with Gasteiger partial charge in [0.05, 0.1) is 7.11 Å². The van der Waals surface area contributed by atoms with Crippen molar-refractivity contribution in [3.63, 3.8) is 0 Å². The van der Waals surface area contributed by atoms with Gasteiger partial charge >= 0.3 is 18.3 Å². The molecule has 12 radical (unpaired) electrons. The first kappa shape index (κ1) is 76.8. The van der Waals surface area contributed by atoms with E-state index in [2.05, 4.69) is 26.4 Å². The molecular formula is C18H38B4N4O10. The van der Waals surface area contributed by atoms with Gasteiger partial charge in [0.1, 0.15) is 0 Å². The van der Waals surface area contributed by atoms with Crippen LogP contribution in [0.2, 0.25) is 0 Å². The van der Waals surface area contributed by atoms with Crippen LogP contribution >= 0.6 is 0 Å². The molecule has 14 nitrogen and oxygen atoms in total. The molecule has 202 valence electrons. The summed E-state index contributed by atoms with van der Waals surface area (Å²) in [5, 5.41) is 7.25. The number of methoxy groups -OCH3 is 1. The number of hydrogen-bond acceptors (Lipinski definition) is 10. The zero-order chi connectivity index (χ0) is 26.8. The molecule has 36 heavy (non-hydrogen) atoms. The Labute approximate surface area is 222 Å². The first-order chi connectivity index (χ1) is 14.2. The molecule has 0 atom stereocenters. The van der Waals surface area contributed by atoms with Crippen molar-refractivity contribution in [2.75, 3.05) is 28.3 Å². The van der Waals surface area contributed by atoms with Crippen molar-refractivity contribution in [1.82, 2.24) is 16.0 Å². The number of amides is 4. The summed E-state index contributed by atoms with van der Waals surface area (Å²) in [6.07, 6.45) is 1.08. The van der Waals surface area contributed by atoms with Crippen molar-refractivity contribution < 1.29 is 47.9 Å². The number of carbonyl (C=O) groups excluding carboxylic acids is 9. The van der Waals surface area contributed by atoms with Gasteiger partial charge in [-0.1, -0.05) is 14.4 Å². The van der Waals surface area contributed by atoms with E-state index in [1.54, 1.807) is 21.1 Å². The lowest BCUT2D eigenvalue weighted by atomic mass is 10.5. The Kier molecular flexibility index (Phi) is 183. The highest BCUT2D eigenvalue weighted by Gasteiger charge is 1.84. The first-order valence-corrected chi connectivity index (χ1v) is 8.05. The molecule has 0 aliphatic carbocycles. The fraction of sp³-hybridized carbons (Fsp3) is 0.611. The molecule has 0 fully saturated rings. The number of ether oxygens (including phenoxy) is 1. The number of esters is 1. The van der Waals surface area contributed by atoms with Gasteiger partial charge in [-0.3, -0.25) is 24.0 Å². The number of carbonyl (C=O) groups is 5. The molecule has 0 spiro atoms. The minimum Gasteiger partial charge on any atom is -0.469 e. The summed E-state index contributed by atoms with van der Waals surface area (Å²) in [5.74, 6) is -0.477. The largest absolute Gasteiger partial charge is 0.469 e. The van der Waals surface area contributed by atoms with E-state index in [-0.39, 0.29) is 83.0 Å². The van der Waals surface area contributed by atoms with Crippen LogP contribution in [0, 0.1) is 0 Å². The summed E-state index contributed by atoms with van der Waals surface area (Å²) in [5.41, 5.74) is 4.47. The fourth-order valence-electron chi connectivity index (χ4n) is 0.177. The minimum absolute atomic E-state index is 0. The standard InChI is InChI=1S/C4H9NO.2C3H7NO.C3H6O2.C2H5NO.2CO2.CH4.4B/c1-3-4(6)5-2;2*1-3(5)4-2;1-3(4)5-2;1-2(3)4;2*2-1-3;;;;;/h3H2,1-2H3,(H,5,6);2*1-2H3,(H,4,5);1-2H3;1H3,(H2,3,4);;;1H4;;;;. The molecule has 0 bridgehead atoms. The maximum Gasteiger partial charge on any atom is 0.373 e. The maximum atomic E-state index is 10.1. The van der Waals surface area contributed by atoms with Crippen molar-refractivity contribution in [2.45, 2.75) is 48.5 Å². The van der Waals surface area contributed by atoms with Gasteiger partial charge in [-0.15, -0.1) is 0 Å². The van der Waals surface area contributed by atoms with Gasteiger partial charge in [0.2, 0.25) is 23.6 Å². The summed E-state index contributed by atoms with van der Waals surface area (Å²) in [4.78, 5) is 80.8. The zero-order valence-electron chi connectivity index (χ0n) is 21.7. The Morgan fingerprint density at radius 1 is 0.694 bits per heavy atom. The van der Waals surface area contributed by atoms with Gasteiger partial charge in [-0.2, -0.15) is 19.2 Å². The lowest BCUT2D eigenvalue weighted by Crippen LogP contribution is -2.15. The molecule has 0 aliphatic heterocycles. The highest BCUT2D eigenvalue weighted by atomic mass is 16.5. The van der Waals surface area contributed by atoms with Crippen LogP contribution in [0.5, 0.6) is 0 Å². The number of nitrogens with one attached hydrogen (secondary N) is 3.